The molecule has 0 aromatic heterocycles. The van der Waals surface area contributed by atoms with Gasteiger partial charge in [0, 0.05) is 0 Å². The Morgan fingerprint density at radius 1 is 1.21 bits per heavy atom. The van der Waals surface area contributed by atoms with Crippen molar-refractivity contribution in [3.05, 3.63) is 29.8 Å². The van der Waals surface area contributed by atoms with Gasteiger partial charge in [0.2, 0.25) is 0 Å². The van der Waals surface area contributed by atoms with Gasteiger partial charge in [0.25, 0.3) is 0 Å². The molecule has 106 valence electrons. The molecule has 0 heterocycles. The summed E-state index contributed by atoms with van der Waals surface area (Å²) < 4.78 is 33.1. The van der Waals surface area contributed by atoms with Crippen LogP contribution < -0.4 is 4.18 Å². The number of methoxy groups -OCH3 is 1. The van der Waals surface area contributed by atoms with Crippen molar-refractivity contribution in [2.75, 3.05) is 12.9 Å². The molecule has 0 saturated carbocycles. The van der Waals surface area contributed by atoms with Gasteiger partial charge < -0.3 is 8.92 Å². The number of carbonyl (C=O) groups is 1. The molecule has 1 rings (SSSR count). The molecule has 0 aliphatic rings. The lowest BCUT2D eigenvalue weighted by Gasteiger charge is -2.09. The third-order valence-electron chi connectivity index (χ3n) is 2.51. The standard InChI is InChI=1S/C13H18O5S/c1-3-4-7-10-19(15,16)18-12-9-6-5-8-11(12)13(14)17-2/h5-6,8-9H,3-4,7,10H2,1-2H3. The lowest BCUT2D eigenvalue weighted by Crippen LogP contribution is -2.16. The minimum absolute atomic E-state index is 0.00542. The van der Waals surface area contributed by atoms with Gasteiger partial charge in [-0.2, -0.15) is 8.42 Å². The fourth-order valence-corrected chi connectivity index (χ4v) is 2.59. The van der Waals surface area contributed by atoms with Crippen molar-refractivity contribution < 1.29 is 22.1 Å². The van der Waals surface area contributed by atoms with Gasteiger partial charge in [-0.25, -0.2) is 4.79 Å². The third kappa shape index (κ3) is 4.90. The third-order valence-corrected chi connectivity index (χ3v) is 3.73. The lowest BCUT2D eigenvalue weighted by molar-refractivity contribution is 0.0599. The molecule has 5 nitrogen and oxygen atoms in total. The highest BCUT2D eigenvalue weighted by Gasteiger charge is 2.18. The van der Waals surface area contributed by atoms with E-state index < -0.39 is 16.1 Å². The number of unbranched alkanes of at least 4 members (excludes halogenated alkanes) is 2. The zero-order valence-corrected chi connectivity index (χ0v) is 11.9. The highest BCUT2D eigenvalue weighted by atomic mass is 32.2. The first-order chi connectivity index (χ1) is 9.00. The molecule has 0 saturated heterocycles. The van der Waals surface area contributed by atoms with E-state index in [-0.39, 0.29) is 17.1 Å². The van der Waals surface area contributed by atoms with Gasteiger partial charge in [-0.3, -0.25) is 0 Å². The smallest absolute Gasteiger partial charge is 0.341 e. The molecule has 1 aromatic rings. The van der Waals surface area contributed by atoms with Gasteiger partial charge in [0.05, 0.1) is 12.9 Å². The van der Waals surface area contributed by atoms with Gasteiger partial charge in [-0.05, 0) is 18.6 Å². The van der Waals surface area contributed by atoms with E-state index in [0.717, 1.165) is 12.8 Å². The number of ether oxygens (including phenoxy) is 1. The Morgan fingerprint density at radius 3 is 2.53 bits per heavy atom. The second-order valence-electron chi connectivity index (χ2n) is 4.04. The highest BCUT2D eigenvalue weighted by molar-refractivity contribution is 7.87. The monoisotopic (exact) mass is 286 g/mol. The molecule has 0 amide bonds. The molecule has 0 spiro atoms. The number of carbonyl (C=O) groups excluding carboxylic acids is 1. The molecule has 6 heteroatoms. The normalized spacial score (nSPS) is 11.1. The van der Waals surface area contributed by atoms with Crippen LogP contribution in [-0.2, 0) is 14.9 Å². The second-order valence-corrected chi connectivity index (χ2v) is 5.73. The van der Waals surface area contributed by atoms with Crippen LogP contribution in [-0.4, -0.2) is 27.2 Å². The van der Waals surface area contributed by atoms with Crippen LogP contribution in [0.1, 0.15) is 36.5 Å². The molecule has 0 aliphatic heterocycles. The Bertz CT molecular complexity index is 522. The zero-order chi connectivity index (χ0) is 14.3. The van der Waals surface area contributed by atoms with Gasteiger partial charge in [-0.1, -0.05) is 31.9 Å². The van der Waals surface area contributed by atoms with Crippen LogP contribution in [0.4, 0.5) is 0 Å². The Balaban J connectivity index is 2.84. The molecule has 0 unspecified atom stereocenters. The van der Waals surface area contributed by atoms with Crippen LogP contribution in [0.2, 0.25) is 0 Å². The summed E-state index contributed by atoms with van der Waals surface area (Å²) in [6, 6.07) is 6.11. The van der Waals surface area contributed by atoms with Crippen LogP contribution in [0.5, 0.6) is 5.75 Å². The Labute approximate surface area is 113 Å². The van der Waals surface area contributed by atoms with E-state index in [1.54, 1.807) is 12.1 Å². The van der Waals surface area contributed by atoms with E-state index in [1.807, 2.05) is 6.92 Å². The van der Waals surface area contributed by atoms with Crippen molar-refractivity contribution in [2.45, 2.75) is 26.2 Å². The van der Waals surface area contributed by atoms with Crippen molar-refractivity contribution in [3.8, 4) is 5.75 Å². The molecule has 1 aromatic carbocycles. The molecular weight excluding hydrogens is 268 g/mol. The van der Waals surface area contributed by atoms with Crippen LogP contribution in [0.15, 0.2) is 24.3 Å². The number of benzene rings is 1. The zero-order valence-electron chi connectivity index (χ0n) is 11.1. The Morgan fingerprint density at radius 2 is 1.89 bits per heavy atom. The van der Waals surface area contributed by atoms with Crippen LogP contribution >= 0.6 is 0 Å². The van der Waals surface area contributed by atoms with E-state index in [0.29, 0.717) is 6.42 Å². The van der Waals surface area contributed by atoms with E-state index in [2.05, 4.69) is 4.74 Å². The molecule has 19 heavy (non-hydrogen) atoms. The summed E-state index contributed by atoms with van der Waals surface area (Å²) in [7, 11) is -2.45. The van der Waals surface area contributed by atoms with E-state index in [9.17, 15) is 13.2 Å². The van der Waals surface area contributed by atoms with Gasteiger partial charge in [0.1, 0.15) is 5.56 Å². The van der Waals surface area contributed by atoms with Crippen molar-refractivity contribution in [3.63, 3.8) is 0 Å². The predicted octanol–water partition coefficient (Wildman–Crippen LogP) is 2.37. The summed E-state index contributed by atoms with van der Waals surface area (Å²) >= 11 is 0. The number of rotatable bonds is 7. The van der Waals surface area contributed by atoms with Crippen LogP contribution in [0, 0.1) is 0 Å². The highest BCUT2D eigenvalue weighted by Crippen LogP contribution is 2.21. The number of hydrogen-bond acceptors (Lipinski definition) is 5. The average molecular weight is 286 g/mol. The first kappa shape index (κ1) is 15.5. The molecule has 0 fully saturated rings. The molecule has 0 radical (unpaired) electrons. The van der Waals surface area contributed by atoms with Crippen LogP contribution in [0.25, 0.3) is 0 Å². The minimum atomic E-state index is -3.68. The summed E-state index contributed by atoms with van der Waals surface area (Å²) in [6.45, 7) is 1.99. The van der Waals surface area contributed by atoms with Crippen molar-refractivity contribution in [2.24, 2.45) is 0 Å². The van der Waals surface area contributed by atoms with Gasteiger partial charge in [-0.15, -0.1) is 0 Å². The number of esters is 1. The maximum Gasteiger partial charge on any atom is 0.341 e. The Hall–Kier alpha value is -1.56. The maximum absolute atomic E-state index is 11.8. The molecule has 0 N–H and O–H groups in total. The summed E-state index contributed by atoms with van der Waals surface area (Å²) in [4.78, 5) is 11.5. The number of hydrogen-bond donors (Lipinski definition) is 0. The molecular formula is C13H18O5S. The predicted molar refractivity (Wildman–Crippen MR) is 71.7 cm³/mol. The molecule has 0 aliphatic carbocycles. The quantitative estimate of drug-likeness (QED) is 0.437. The Kier molecular flexibility index (Phi) is 5.82. The summed E-state index contributed by atoms with van der Waals surface area (Å²) in [6.07, 6.45) is 2.29. The molecule has 0 bridgehead atoms. The first-order valence-electron chi connectivity index (χ1n) is 6.09. The fourth-order valence-electron chi connectivity index (χ4n) is 1.53. The van der Waals surface area contributed by atoms with Crippen molar-refractivity contribution >= 4 is 16.1 Å². The largest absolute Gasteiger partial charge is 0.465 e. The summed E-state index contributed by atoms with van der Waals surface area (Å²) in [5.41, 5.74) is 0.101. The minimum Gasteiger partial charge on any atom is -0.465 e. The number of para-hydroxylation sites is 1. The van der Waals surface area contributed by atoms with Gasteiger partial charge >= 0.3 is 16.1 Å². The van der Waals surface area contributed by atoms with Crippen molar-refractivity contribution in [1.29, 1.82) is 0 Å². The second kappa shape index (κ2) is 7.13. The first-order valence-corrected chi connectivity index (χ1v) is 7.67. The fraction of sp³-hybridized carbons (Fsp3) is 0.462. The SMILES string of the molecule is CCCCCS(=O)(=O)Oc1ccccc1C(=O)OC. The summed E-state index contributed by atoms with van der Waals surface area (Å²) in [5, 5.41) is 0. The summed E-state index contributed by atoms with van der Waals surface area (Å²) in [5.74, 6) is -0.679. The van der Waals surface area contributed by atoms with E-state index in [4.69, 9.17) is 4.18 Å². The van der Waals surface area contributed by atoms with Crippen LogP contribution in [0.3, 0.4) is 0 Å². The van der Waals surface area contributed by atoms with E-state index in [1.165, 1.54) is 19.2 Å². The average Bonchev–Trinajstić information content (AvgIpc) is 2.38. The van der Waals surface area contributed by atoms with E-state index >= 15 is 0 Å². The van der Waals surface area contributed by atoms with Gasteiger partial charge in [0.15, 0.2) is 5.75 Å². The maximum atomic E-state index is 11.8. The molecule has 0 atom stereocenters. The lowest BCUT2D eigenvalue weighted by atomic mass is 10.2. The topological polar surface area (TPSA) is 69.7 Å². The van der Waals surface area contributed by atoms with Crippen molar-refractivity contribution in [1.82, 2.24) is 0 Å².